The lowest BCUT2D eigenvalue weighted by atomic mass is 10.0. The zero-order chi connectivity index (χ0) is 7.40. The minimum Gasteiger partial charge on any atom is -0.383 e. The van der Waals surface area contributed by atoms with E-state index in [1.807, 2.05) is 6.08 Å². The van der Waals surface area contributed by atoms with Gasteiger partial charge in [0.15, 0.2) is 0 Å². The first-order valence-corrected chi connectivity index (χ1v) is 3.72. The number of rotatable bonds is 4. The van der Waals surface area contributed by atoms with Crippen LogP contribution in [0.1, 0.15) is 6.42 Å². The van der Waals surface area contributed by atoms with Crippen LogP contribution in [0.25, 0.3) is 0 Å². The summed E-state index contributed by atoms with van der Waals surface area (Å²) in [6, 6.07) is 0.656. The lowest BCUT2D eigenvalue weighted by Gasteiger charge is -2.39. The summed E-state index contributed by atoms with van der Waals surface area (Å²) in [6.07, 6.45) is 3.23. The van der Waals surface area contributed by atoms with Gasteiger partial charge in [-0.25, -0.2) is 0 Å². The number of hydrogen-bond donors (Lipinski definition) is 0. The van der Waals surface area contributed by atoms with Gasteiger partial charge in [0, 0.05) is 26.2 Å². The molecule has 1 aliphatic rings. The van der Waals surface area contributed by atoms with Gasteiger partial charge in [0.05, 0.1) is 6.61 Å². The number of ether oxygens (including phenoxy) is 1. The molecule has 0 bridgehead atoms. The molecule has 0 aromatic rings. The third-order valence-corrected chi connectivity index (χ3v) is 1.99. The van der Waals surface area contributed by atoms with Crippen LogP contribution in [0.2, 0.25) is 0 Å². The number of likely N-dealkylation sites (tertiary alicyclic amines) is 1. The first-order chi connectivity index (χ1) is 4.88. The Balaban J connectivity index is 2.15. The van der Waals surface area contributed by atoms with E-state index in [2.05, 4.69) is 11.5 Å². The molecule has 0 aliphatic carbocycles. The highest BCUT2D eigenvalue weighted by Gasteiger charge is 2.25. The van der Waals surface area contributed by atoms with E-state index < -0.39 is 0 Å². The molecule has 0 radical (unpaired) electrons. The molecule has 1 aliphatic heterocycles. The maximum absolute atomic E-state index is 5.05. The number of nitrogens with zero attached hydrogens (tertiary/aromatic N) is 1. The van der Waals surface area contributed by atoms with E-state index in [1.54, 1.807) is 7.11 Å². The van der Waals surface area contributed by atoms with Crippen molar-refractivity contribution in [2.45, 2.75) is 12.5 Å². The summed E-state index contributed by atoms with van der Waals surface area (Å²) >= 11 is 0. The highest BCUT2D eigenvalue weighted by molar-refractivity contribution is 4.86. The van der Waals surface area contributed by atoms with Crippen molar-refractivity contribution >= 4 is 0 Å². The number of hydrogen-bond acceptors (Lipinski definition) is 2. The zero-order valence-corrected chi connectivity index (χ0v) is 6.55. The van der Waals surface area contributed by atoms with Crippen LogP contribution in [-0.2, 0) is 4.74 Å². The van der Waals surface area contributed by atoms with Gasteiger partial charge in [0.1, 0.15) is 0 Å². The summed E-state index contributed by atoms with van der Waals surface area (Å²) in [4.78, 5) is 2.37. The van der Waals surface area contributed by atoms with Crippen LogP contribution in [0.15, 0.2) is 12.7 Å². The first-order valence-electron chi connectivity index (χ1n) is 3.72. The minimum absolute atomic E-state index is 0.656. The Bertz CT molecular complexity index is 114. The zero-order valence-electron chi connectivity index (χ0n) is 6.55. The molecule has 1 fully saturated rings. The fourth-order valence-electron chi connectivity index (χ4n) is 1.28. The largest absolute Gasteiger partial charge is 0.383 e. The predicted molar refractivity (Wildman–Crippen MR) is 42.1 cm³/mol. The predicted octanol–water partition coefficient (Wildman–Crippen LogP) is 0.893. The molecule has 1 unspecified atom stereocenters. The molecular formula is C8H15NO. The van der Waals surface area contributed by atoms with E-state index >= 15 is 0 Å². The number of methoxy groups -OCH3 is 1. The van der Waals surface area contributed by atoms with E-state index in [4.69, 9.17) is 4.74 Å². The van der Waals surface area contributed by atoms with Crippen LogP contribution >= 0.6 is 0 Å². The Hall–Kier alpha value is -0.340. The molecule has 58 valence electrons. The van der Waals surface area contributed by atoms with Crippen LogP contribution in [-0.4, -0.2) is 37.7 Å². The molecule has 0 spiro atoms. The summed E-state index contributed by atoms with van der Waals surface area (Å²) in [7, 11) is 1.75. The summed E-state index contributed by atoms with van der Waals surface area (Å²) in [5, 5.41) is 0. The van der Waals surface area contributed by atoms with Gasteiger partial charge in [0.2, 0.25) is 0 Å². The molecule has 2 nitrogen and oxygen atoms in total. The summed E-state index contributed by atoms with van der Waals surface area (Å²) < 4.78 is 5.05. The van der Waals surface area contributed by atoms with Gasteiger partial charge in [-0.2, -0.15) is 0 Å². The third-order valence-electron chi connectivity index (χ3n) is 1.99. The lowest BCUT2D eigenvalue weighted by molar-refractivity contribution is 0.0326. The molecule has 1 saturated heterocycles. The quantitative estimate of drug-likeness (QED) is 0.539. The van der Waals surface area contributed by atoms with Crippen LogP contribution in [0, 0.1) is 0 Å². The van der Waals surface area contributed by atoms with E-state index in [-0.39, 0.29) is 0 Å². The second-order valence-corrected chi connectivity index (χ2v) is 2.68. The van der Waals surface area contributed by atoms with Crippen molar-refractivity contribution in [1.29, 1.82) is 0 Å². The Morgan fingerprint density at radius 2 is 2.60 bits per heavy atom. The molecule has 0 N–H and O–H groups in total. The molecule has 0 saturated carbocycles. The normalized spacial score (nSPS) is 25.9. The first kappa shape index (κ1) is 7.76. The van der Waals surface area contributed by atoms with E-state index in [9.17, 15) is 0 Å². The third kappa shape index (κ3) is 1.58. The fourth-order valence-corrected chi connectivity index (χ4v) is 1.28. The smallest absolute Gasteiger partial charge is 0.0618 e. The summed E-state index contributed by atoms with van der Waals surface area (Å²) in [5.74, 6) is 0. The van der Waals surface area contributed by atoms with E-state index in [0.29, 0.717) is 6.04 Å². The lowest BCUT2D eigenvalue weighted by Crippen LogP contribution is -2.49. The van der Waals surface area contributed by atoms with Crippen molar-refractivity contribution in [2.75, 3.05) is 26.8 Å². The Morgan fingerprint density at radius 3 is 3.00 bits per heavy atom. The van der Waals surface area contributed by atoms with Crippen molar-refractivity contribution in [3.8, 4) is 0 Å². The van der Waals surface area contributed by atoms with Crippen LogP contribution in [0.3, 0.4) is 0 Å². The summed E-state index contributed by atoms with van der Waals surface area (Å²) in [6.45, 7) is 6.78. The maximum Gasteiger partial charge on any atom is 0.0618 e. The molecule has 0 aromatic carbocycles. The topological polar surface area (TPSA) is 12.5 Å². The van der Waals surface area contributed by atoms with Gasteiger partial charge in [-0.3, -0.25) is 4.90 Å². The van der Waals surface area contributed by atoms with Crippen LogP contribution < -0.4 is 0 Å². The Morgan fingerprint density at radius 1 is 1.80 bits per heavy atom. The standard InChI is InChI=1S/C8H15NO/c1-3-5-9-6-4-8(9)7-10-2/h3,8H,1,4-7H2,2H3. The average Bonchev–Trinajstić information content (AvgIpc) is 1.93. The van der Waals surface area contributed by atoms with Gasteiger partial charge < -0.3 is 4.74 Å². The van der Waals surface area contributed by atoms with Crippen LogP contribution in [0.4, 0.5) is 0 Å². The van der Waals surface area contributed by atoms with Gasteiger partial charge in [-0.1, -0.05) is 6.08 Å². The second kappa shape index (κ2) is 3.74. The second-order valence-electron chi connectivity index (χ2n) is 2.68. The van der Waals surface area contributed by atoms with Gasteiger partial charge in [-0.15, -0.1) is 6.58 Å². The Labute approximate surface area is 62.5 Å². The SMILES string of the molecule is C=CCN1CCC1COC. The van der Waals surface area contributed by atoms with Crippen molar-refractivity contribution in [3.05, 3.63) is 12.7 Å². The molecule has 2 heteroatoms. The fraction of sp³-hybridized carbons (Fsp3) is 0.750. The van der Waals surface area contributed by atoms with Gasteiger partial charge >= 0.3 is 0 Å². The van der Waals surface area contributed by atoms with E-state index in [0.717, 1.165) is 13.2 Å². The Kier molecular flexibility index (Phi) is 2.90. The molecule has 0 aromatic heterocycles. The minimum atomic E-state index is 0.656. The maximum atomic E-state index is 5.05. The highest BCUT2D eigenvalue weighted by Crippen LogP contribution is 2.16. The van der Waals surface area contributed by atoms with Crippen LogP contribution in [0.5, 0.6) is 0 Å². The van der Waals surface area contributed by atoms with Crippen molar-refractivity contribution in [1.82, 2.24) is 4.90 Å². The average molecular weight is 141 g/mol. The van der Waals surface area contributed by atoms with Crippen molar-refractivity contribution in [3.63, 3.8) is 0 Å². The molecule has 0 amide bonds. The molecule has 1 heterocycles. The van der Waals surface area contributed by atoms with Crippen molar-refractivity contribution in [2.24, 2.45) is 0 Å². The van der Waals surface area contributed by atoms with Gasteiger partial charge in [0.25, 0.3) is 0 Å². The molecule has 10 heavy (non-hydrogen) atoms. The summed E-state index contributed by atoms with van der Waals surface area (Å²) in [5.41, 5.74) is 0. The molecular weight excluding hydrogens is 126 g/mol. The monoisotopic (exact) mass is 141 g/mol. The van der Waals surface area contributed by atoms with E-state index in [1.165, 1.54) is 13.0 Å². The van der Waals surface area contributed by atoms with Crippen molar-refractivity contribution < 1.29 is 4.74 Å². The van der Waals surface area contributed by atoms with Gasteiger partial charge in [-0.05, 0) is 6.42 Å². The highest BCUT2D eigenvalue weighted by atomic mass is 16.5. The molecule has 1 atom stereocenters. The molecule has 1 rings (SSSR count).